The lowest BCUT2D eigenvalue weighted by atomic mass is 10.1. The lowest BCUT2D eigenvalue weighted by molar-refractivity contribution is 0.0993. The Morgan fingerprint density at radius 1 is 0.897 bits per heavy atom. The molecule has 0 bridgehead atoms. The van der Waals surface area contributed by atoms with E-state index in [1.807, 2.05) is 31.2 Å². The number of hydrogen-bond donors (Lipinski definition) is 1. The molecule has 8 heteroatoms. The monoisotopic (exact) mass is 416 g/mol. The Bertz CT molecular complexity index is 1150. The molecule has 0 saturated heterocycles. The van der Waals surface area contributed by atoms with Crippen LogP contribution in [-0.2, 0) is 10.0 Å². The molecule has 0 unspecified atom stereocenters. The first-order valence-corrected chi connectivity index (χ1v) is 10.1. The Kier molecular flexibility index (Phi) is 5.65. The molecule has 3 aromatic carbocycles. The minimum atomic E-state index is -4.10. The number of rotatable bonds is 5. The van der Waals surface area contributed by atoms with Crippen LogP contribution in [0.5, 0.6) is 0 Å². The zero-order chi connectivity index (χ0) is 21.2. The number of amides is 1. The topological polar surface area (TPSA) is 66.5 Å². The van der Waals surface area contributed by atoms with Crippen molar-refractivity contribution in [1.29, 1.82) is 0 Å². The van der Waals surface area contributed by atoms with Gasteiger partial charge in [-0.05, 0) is 61.5 Å². The van der Waals surface area contributed by atoms with Crippen LogP contribution in [0.2, 0.25) is 0 Å². The summed E-state index contributed by atoms with van der Waals surface area (Å²) in [4.78, 5) is 13.7. The van der Waals surface area contributed by atoms with Crippen molar-refractivity contribution < 1.29 is 22.0 Å². The van der Waals surface area contributed by atoms with Crippen LogP contribution in [0.15, 0.2) is 71.6 Å². The van der Waals surface area contributed by atoms with Gasteiger partial charge in [0.05, 0.1) is 4.90 Å². The second-order valence-corrected chi connectivity index (χ2v) is 8.14. The Hall–Kier alpha value is -3.26. The average molecular weight is 416 g/mol. The van der Waals surface area contributed by atoms with E-state index in [2.05, 4.69) is 4.72 Å². The van der Waals surface area contributed by atoms with E-state index in [1.165, 1.54) is 29.2 Å². The van der Waals surface area contributed by atoms with Gasteiger partial charge < -0.3 is 4.90 Å². The van der Waals surface area contributed by atoms with Gasteiger partial charge in [0.2, 0.25) is 0 Å². The molecule has 29 heavy (non-hydrogen) atoms. The maximum Gasteiger partial charge on any atom is 0.261 e. The number of carbonyl (C=O) groups excluding carboxylic acids is 1. The largest absolute Gasteiger partial charge is 0.311 e. The number of nitrogens with zero attached hydrogens (tertiary/aromatic N) is 1. The van der Waals surface area contributed by atoms with Gasteiger partial charge >= 0.3 is 0 Å². The first kappa shape index (κ1) is 20.5. The van der Waals surface area contributed by atoms with Crippen LogP contribution in [-0.4, -0.2) is 21.4 Å². The van der Waals surface area contributed by atoms with Gasteiger partial charge in [-0.1, -0.05) is 17.7 Å². The van der Waals surface area contributed by atoms with Gasteiger partial charge in [-0.15, -0.1) is 0 Å². The van der Waals surface area contributed by atoms with Crippen molar-refractivity contribution in [3.8, 4) is 0 Å². The van der Waals surface area contributed by atoms with Crippen LogP contribution >= 0.6 is 0 Å². The SMILES string of the molecule is Cc1ccc(N(C)C(=O)c2ccc(NS(=O)(=O)c3ccc(F)c(F)c3)cc2)cc1. The van der Waals surface area contributed by atoms with Gasteiger partial charge in [-0.2, -0.15) is 0 Å². The van der Waals surface area contributed by atoms with Gasteiger partial charge in [0.15, 0.2) is 11.6 Å². The Labute approximate surface area is 167 Å². The molecule has 0 aliphatic carbocycles. The first-order valence-electron chi connectivity index (χ1n) is 8.60. The fourth-order valence-electron chi connectivity index (χ4n) is 2.62. The molecule has 5 nitrogen and oxygen atoms in total. The lowest BCUT2D eigenvalue weighted by Gasteiger charge is -2.18. The minimum absolute atomic E-state index is 0.185. The molecular formula is C21H18F2N2O3S. The highest BCUT2D eigenvalue weighted by Gasteiger charge is 2.18. The number of sulfonamides is 1. The van der Waals surface area contributed by atoms with Gasteiger partial charge in [-0.25, -0.2) is 17.2 Å². The molecule has 150 valence electrons. The van der Waals surface area contributed by atoms with Crippen LogP contribution in [0, 0.1) is 18.6 Å². The molecule has 3 rings (SSSR count). The van der Waals surface area contributed by atoms with Gasteiger partial charge in [0.25, 0.3) is 15.9 Å². The highest BCUT2D eigenvalue weighted by atomic mass is 32.2. The number of halogens is 2. The number of anilines is 2. The maximum absolute atomic E-state index is 13.3. The second-order valence-electron chi connectivity index (χ2n) is 6.46. The summed E-state index contributed by atoms with van der Waals surface area (Å²) < 4.78 is 53.3. The normalized spacial score (nSPS) is 11.2. The highest BCUT2D eigenvalue weighted by molar-refractivity contribution is 7.92. The summed E-state index contributed by atoms with van der Waals surface area (Å²) in [5, 5.41) is 0. The summed E-state index contributed by atoms with van der Waals surface area (Å²) >= 11 is 0. The number of aryl methyl sites for hydroxylation is 1. The molecule has 0 heterocycles. The molecule has 0 fully saturated rings. The van der Waals surface area contributed by atoms with Crippen molar-refractivity contribution in [3.63, 3.8) is 0 Å². The maximum atomic E-state index is 13.3. The lowest BCUT2D eigenvalue weighted by Crippen LogP contribution is -2.26. The van der Waals surface area contributed by atoms with Crippen molar-refractivity contribution in [3.05, 3.63) is 89.5 Å². The third-order valence-corrected chi connectivity index (χ3v) is 5.69. The number of hydrogen-bond acceptors (Lipinski definition) is 3. The van der Waals surface area contributed by atoms with Crippen LogP contribution in [0.1, 0.15) is 15.9 Å². The Morgan fingerprint density at radius 3 is 2.10 bits per heavy atom. The molecule has 0 saturated carbocycles. The van der Waals surface area contributed by atoms with E-state index in [4.69, 9.17) is 0 Å². The van der Waals surface area contributed by atoms with E-state index in [1.54, 1.807) is 7.05 Å². The van der Waals surface area contributed by atoms with Crippen LogP contribution in [0.3, 0.4) is 0 Å². The van der Waals surface area contributed by atoms with E-state index in [9.17, 15) is 22.0 Å². The zero-order valence-corrected chi connectivity index (χ0v) is 16.5. The van der Waals surface area contributed by atoms with Crippen molar-refractivity contribution >= 4 is 27.3 Å². The molecular weight excluding hydrogens is 398 g/mol. The Morgan fingerprint density at radius 2 is 1.52 bits per heavy atom. The molecule has 1 N–H and O–H groups in total. The predicted molar refractivity (Wildman–Crippen MR) is 108 cm³/mol. The van der Waals surface area contributed by atoms with Crippen LogP contribution < -0.4 is 9.62 Å². The average Bonchev–Trinajstić information content (AvgIpc) is 2.70. The fraction of sp³-hybridized carbons (Fsp3) is 0.0952. The summed E-state index contributed by atoms with van der Waals surface area (Å²) in [6.45, 7) is 1.95. The number of nitrogens with one attached hydrogen (secondary N) is 1. The first-order chi connectivity index (χ1) is 13.7. The summed E-state index contributed by atoms with van der Waals surface area (Å²) in [7, 11) is -2.46. The molecule has 0 aliphatic rings. The highest BCUT2D eigenvalue weighted by Crippen LogP contribution is 2.20. The second kappa shape index (κ2) is 8.00. The molecule has 0 aromatic heterocycles. The minimum Gasteiger partial charge on any atom is -0.311 e. The molecule has 1 amide bonds. The predicted octanol–water partition coefficient (Wildman–Crippen LogP) is 4.35. The fourth-order valence-corrected chi connectivity index (χ4v) is 3.69. The summed E-state index contributed by atoms with van der Waals surface area (Å²) in [6.07, 6.45) is 0. The van der Waals surface area contributed by atoms with Crippen molar-refractivity contribution in [2.75, 3.05) is 16.7 Å². The number of benzene rings is 3. The molecule has 3 aromatic rings. The zero-order valence-electron chi connectivity index (χ0n) is 15.7. The summed E-state index contributed by atoms with van der Waals surface area (Å²) in [6, 6.07) is 15.6. The van der Waals surface area contributed by atoms with E-state index < -0.39 is 26.6 Å². The van der Waals surface area contributed by atoms with E-state index >= 15 is 0 Å². The van der Waals surface area contributed by atoms with Gasteiger partial charge in [0.1, 0.15) is 0 Å². The molecule has 0 radical (unpaired) electrons. The van der Waals surface area contributed by atoms with Crippen molar-refractivity contribution in [2.24, 2.45) is 0 Å². The van der Waals surface area contributed by atoms with E-state index in [0.29, 0.717) is 11.6 Å². The Balaban J connectivity index is 1.76. The summed E-state index contributed by atoms with van der Waals surface area (Å²) in [5.74, 6) is -2.65. The summed E-state index contributed by atoms with van der Waals surface area (Å²) in [5.41, 5.74) is 2.35. The van der Waals surface area contributed by atoms with E-state index in [0.717, 1.165) is 23.4 Å². The van der Waals surface area contributed by atoms with Gasteiger partial charge in [0, 0.05) is 24.0 Å². The molecule has 0 atom stereocenters. The smallest absolute Gasteiger partial charge is 0.261 e. The van der Waals surface area contributed by atoms with E-state index in [-0.39, 0.29) is 11.6 Å². The number of carbonyl (C=O) groups is 1. The van der Waals surface area contributed by atoms with Crippen molar-refractivity contribution in [1.82, 2.24) is 0 Å². The third kappa shape index (κ3) is 4.60. The standard InChI is InChI=1S/C21H18F2N2O3S/c1-14-3-9-17(10-4-14)25(2)21(26)15-5-7-16(8-6-15)24-29(27,28)18-11-12-19(22)20(23)13-18/h3-13,24H,1-2H3. The molecule has 0 spiro atoms. The quantitative estimate of drug-likeness (QED) is 0.672. The van der Waals surface area contributed by atoms with Crippen LogP contribution in [0.4, 0.5) is 20.2 Å². The third-order valence-electron chi connectivity index (χ3n) is 4.31. The van der Waals surface area contributed by atoms with Crippen molar-refractivity contribution in [2.45, 2.75) is 11.8 Å². The van der Waals surface area contributed by atoms with Gasteiger partial charge in [-0.3, -0.25) is 9.52 Å². The molecule has 0 aliphatic heterocycles. The van der Waals surface area contributed by atoms with Crippen LogP contribution in [0.25, 0.3) is 0 Å².